The first kappa shape index (κ1) is 15.5. The van der Waals surface area contributed by atoms with Crippen LogP contribution in [0.4, 0.5) is 4.79 Å². The summed E-state index contributed by atoms with van der Waals surface area (Å²) in [5.41, 5.74) is 5.79. The molecule has 0 aliphatic rings. The highest BCUT2D eigenvalue weighted by Gasteiger charge is 2.20. The predicted octanol–water partition coefficient (Wildman–Crippen LogP) is -1.03. The monoisotopic (exact) mass is 283 g/mol. The molecule has 1 rings (SSSR count). The van der Waals surface area contributed by atoms with E-state index in [2.05, 4.69) is 20.6 Å². The third kappa shape index (κ3) is 5.85. The van der Waals surface area contributed by atoms with E-state index in [-0.39, 0.29) is 12.8 Å². The Kier molecular flexibility index (Phi) is 6.01. The van der Waals surface area contributed by atoms with E-state index in [0.29, 0.717) is 13.0 Å². The van der Waals surface area contributed by atoms with Gasteiger partial charge in [0.05, 0.1) is 6.33 Å². The second kappa shape index (κ2) is 7.77. The Morgan fingerprint density at radius 1 is 1.45 bits per heavy atom. The van der Waals surface area contributed by atoms with Gasteiger partial charge in [0.1, 0.15) is 6.04 Å². The van der Waals surface area contributed by atoms with Gasteiger partial charge in [-0.25, -0.2) is 14.6 Å². The molecule has 0 bridgehead atoms. The highest BCUT2D eigenvalue weighted by molar-refractivity contribution is 5.83. The molecule has 0 saturated heterocycles. The maximum atomic E-state index is 11.5. The minimum atomic E-state index is -1.21. The highest BCUT2D eigenvalue weighted by Crippen LogP contribution is 1.97. The first-order chi connectivity index (χ1) is 9.49. The molecule has 20 heavy (non-hydrogen) atoms. The van der Waals surface area contributed by atoms with E-state index in [1.165, 1.54) is 6.33 Å². The second-order valence-corrected chi connectivity index (χ2v) is 4.12. The zero-order valence-corrected chi connectivity index (χ0v) is 10.8. The molecule has 1 atom stereocenters. The van der Waals surface area contributed by atoms with Gasteiger partial charge in [-0.15, -0.1) is 0 Å². The Bertz CT molecular complexity index is 459. The lowest BCUT2D eigenvalue weighted by Gasteiger charge is -2.14. The number of hydrogen-bond donors (Lipinski definition) is 5. The number of carbonyl (C=O) groups is 3. The average Bonchev–Trinajstić information content (AvgIpc) is 2.87. The van der Waals surface area contributed by atoms with Crippen LogP contribution in [0.25, 0.3) is 0 Å². The normalized spacial score (nSPS) is 11.6. The number of urea groups is 1. The minimum Gasteiger partial charge on any atom is -0.480 e. The van der Waals surface area contributed by atoms with Crippen LogP contribution in [0.3, 0.4) is 0 Å². The lowest BCUT2D eigenvalue weighted by Crippen LogP contribution is -2.46. The zero-order chi connectivity index (χ0) is 15.0. The van der Waals surface area contributed by atoms with Crippen molar-refractivity contribution in [3.05, 3.63) is 18.2 Å². The van der Waals surface area contributed by atoms with Crippen molar-refractivity contribution in [3.8, 4) is 0 Å². The molecule has 1 aromatic heterocycles. The summed E-state index contributed by atoms with van der Waals surface area (Å²) in [6, 6.07) is -1.75. The van der Waals surface area contributed by atoms with Crippen LogP contribution in [-0.4, -0.2) is 45.6 Å². The first-order valence-corrected chi connectivity index (χ1v) is 6.01. The molecule has 3 amide bonds. The number of nitrogens with two attached hydrogens (primary N) is 1. The Morgan fingerprint density at radius 2 is 2.20 bits per heavy atom. The summed E-state index contributed by atoms with van der Waals surface area (Å²) in [5.74, 6) is -1.83. The first-order valence-electron chi connectivity index (χ1n) is 6.01. The van der Waals surface area contributed by atoms with Crippen molar-refractivity contribution >= 4 is 17.9 Å². The molecule has 0 radical (unpaired) electrons. The third-order valence-corrected chi connectivity index (χ3v) is 2.52. The average molecular weight is 283 g/mol. The SMILES string of the molecule is NC(=O)CCC(NC(=O)NCCc1cnc[nH]1)C(=O)O. The van der Waals surface area contributed by atoms with E-state index in [1.54, 1.807) is 6.20 Å². The van der Waals surface area contributed by atoms with Crippen molar-refractivity contribution < 1.29 is 19.5 Å². The van der Waals surface area contributed by atoms with Crippen molar-refractivity contribution in [1.82, 2.24) is 20.6 Å². The number of hydrogen-bond acceptors (Lipinski definition) is 4. The minimum absolute atomic E-state index is 0.0430. The Hall–Kier alpha value is -2.58. The number of nitrogens with zero attached hydrogens (tertiary/aromatic N) is 1. The number of nitrogens with one attached hydrogen (secondary N) is 3. The summed E-state index contributed by atoms with van der Waals surface area (Å²) >= 11 is 0. The van der Waals surface area contributed by atoms with Gasteiger partial charge < -0.3 is 26.5 Å². The molecule has 0 spiro atoms. The standard InChI is InChI=1S/C11H17N5O4/c12-9(17)2-1-8(10(18)19)16-11(20)14-4-3-7-5-13-6-15-7/h5-6,8H,1-4H2,(H2,12,17)(H,13,15)(H,18,19)(H2,14,16,20). The van der Waals surface area contributed by atoms with Gasteiger partial charge in [-0.3, -0.25) is 4.79 Å². The summed E-state index contributed by atoms with van der Waals surface area (Å²) in [4.78, 5) is 39.7. The van der Waals surface area contributed by atoms with Crippen molar-refractivity contribution in [1.29, 1.82) is 0 Å². The maximum Gasteiger partial charge on any atom is 0.326 e. The van der Waals surface area contributed by atoms with Crippen LogP contribution in [0, 0.1) is 0 Å². The number of rotatable bonds is 8. The molecule has 0 fully saturated rings. The summed E-state index contributed by atoms with van der Waals surface area (Å²) in [6.45, 7) is 0.330. The smallest absolute Gasteiger partial charge is 0.326 e. The largest absolute Gasteiger partial charge is 0.480 e. The number of aromatic amines is 1. The predicted molar refractivity (Wildman–Crippen MR) is 68.7 cm³/mol. The van der Waals surface area contributed by atoms with E-state index >= 15 is 0 Å². The fraction of sp³-hybridized carbons (Fsp3) is 0.455. The molecule has 0 aromatic carbocycles. The molecule has 1 heterocycles. The quantitative estimate of drug-likeness (QED) is 0.413. The highest BCUT2D eigenvalue weighted by atomic mass is 16.4. The van der Waals surface area contributed by atoms with Gasteiger partial charge in [0, 0.05) is 31.3 Å². The van der Waals surface area contributed by atoms with Crippen LogP contribution >= 0.6 is 0 Å². The van der Waals surface area contributed by atoms with Crippen LogP contribution in [0.2, 0.25) is 0 Å². The number of aliphatic carboxylic acids is 1. The third-order valence-electron chi connectivity index (χ3n) is 2.52. The zero-order valence-electron chi connectivity index (χ0n) is 10.8. The fourth-order valence-electron chi connectivity index (χ4n) is 1.49. The topological polar surface area (TPSA) is 150 Å². The molecule has 0 saturated carbocycles. The second-order valence-electron chi connectivity index (χ2n) is 4.12. The van der Waals surface area contributed by atoms with Crippen LogP contribution in [0.5, 0.6) is 0 Å². The lowest BCUT2D eigenvalue weighted by atomic mass is 10.1. The number of amides is 3. The van der Waals surface area contributed by atoms with Gasteiger partial charge >= 0.3 is 12.0 Å². The van der Waals surface area contributed by atoms with Crippen molar-refractivity contribution in [3.63, 3.8) is 0 Å². The molecule has 0 aliphatic carbocycles. The van der Waals surface area contributed by atoms with E-state index in [4.69, 9.17) is 10.8 Å². The van der Waals surface area contributed by atoms with Gasteiger partial charge in [0.25, 0.3) is 0 Å². The van der Waals surface area contributed by atoms with Crippen LogP contribution < -0.4 is 16.4 Å². The molecule has 9 nitrogen and oxygen atoms in total. The van der Waals surface area contributed by atoms with Crippen molar-refractivity contribution in [2.24, 2.45) is 5.73 Å². The fourth-order valence-corrected chi connectivity index (χ4v) is 1.49. The van der Waals surface area contributed by atoms with E-state index in [9.17, 15) is 14.4 Å². The molecular formula is C11H17N5O4. The Morgan fingerprint density at radius 3 is 2.75 bits per heavy atom. The molecule has 110 valence electrons. The summed E-state index contributed by atoms with van der Waals surface area (Å²) < 4.78 is 0. The van der Waals surface area contributed by atoms with Crippen molar-refractivity contribution in [2.75, 3.05) is 6.54 Å². The van der Waals surface area contributed by atoms with Crippen LogP contribution in [0.15, 0.2) is 12.5 Å². The van der Waals surface area contributed by atoms with E-state index in [1.807, 2.05) is 0 Å². The molecule has 0 aliphatic heterocycles. The number of aromatic nitrogens is 2. The number of imidazole rings is 1. The van der Waals surface area contributed by atoms with Gasteiger partial charge in [-0.05, 0) is 6.42 Å². The molecule has 1 unspecified atom stereocenters. The Labute approximate surface area is 114 Å². The van der Waals surface area contributed by atoms with E-state index < -0.39 is 23.9 Å². The molecular weight excluding hydrogens is 266 g/mol. The summed E-state index contributed by atoms with van der Waals surface area (Å²) in [6.07, 6.45) is 3.56. The number of H-pyrrole nitrogens is 1. The lowest BCUT2D eigenvalue weighted by molar-refractivity contribution is -0.139. The number of carbonyl (C=O) groups excluding carboxylic acids is 2. The molecule has 9 heteroatoms. The van der Waals surface area contributed by atoms with Crippen LogP contribution in [0.1, 0.15) is 18.5 Å². The Balaban J connectivity index is 2.30. The number of primary amides is 1. The number of carboxylic acids is 1. The maximum absolute atomic E-state index is 11.5. The summed E-state index contributed by atoms with van der Waals surface area (Å²) in [7, 11) is 0. The van der Waals surface area contributed by atoms with Gasteiger partial charge in [-0.1, -0.05) is 0 Å². The van der Waals surface area contributed by atoms with Gasteiger partial charge in [-0.2, -0.15) is 0 Å². The number of carboxylic acid groups (broad SMARTS) is 1. The van der Waals surface area contributed by atoms with Crippen LogP contribution in [-0.2, 0) is 16.0 Å². The van der Waals surface area contributed by atoms with E-state index in [0.717, 1.165) is 5.69 Å². The molecule has 6 N–H and O–H groups in total. The van der Waals surface area contributed by atoms with Gasteiger partial charge in [0.2, 0.25) is 5.91 Å². The van der Waals surface area contributed by atoms with Crippen molar-refractivity contribution in [2.45, 2.75) is 25.3 Å². The summed E-state index contributed by atoms with van der Waals surface area (Å²) in [5, 5.41) is 13.7. The van der Waals surface area contributed by atoms with Gasteiger partial charge in [0.15, 0.2) is 0 Å². The molecule has 1 aromatic rings.